The van der Waals surface area contributed by atoms with Crippen LogP contribution in [0.1, 0.15) is 38.7 Å². The fourth-order valence-electron chi connectivity index (χ4n) is 2.60. The van der Waals surface area contributed by atoms with E-state index in [-0.39, 0.29) is 0 Å². The number of piperidine rings is 1. The summed E-state index contributed by atoms with van der Waals surface area (Å²) in [5, 5.41) is 3.55. The number of rotatable bonds is 5. The van der Waals surface area contributed by atoms with Gasteiger partial charge in [-0.2, -0.15) is 0 Å². The summed E-state index contributed by atoms with van der Waals surface area (Å²) >= 11 is 0. The van der Waals surface area contributed by atoms with Crippen molar-refractivity contribution in [3.8, 4) is 0 Å². The summed E-state index contributed by atoms with van der Waals surface area (Å²) < 4.78 is 0. The lowest BCUT2D eigenvalue weighted by Crippen LogP contribution is -2.31. The molecule has 0 atom stereocenters. The van der Waals surface area contributed by atoms with Gasteiger partial charge >= 0.3 is 0 Å². The van der Waals surface area contributed by atoms with E-state index in [1.807, 2.05) is 0 Å². The lowest BCUT2D eigenvalue weighted by molar-refractivity contribution is 0.547. The fraction of sp³-hybridized carbons (Fsp3) is 0.625. The van der Waals surface area contributed by atoms with E-state index in [2.05, 4.69) is 48.3 Å². The van der Waals surface area contributed by atoms with Crippen molar-refractivity contribution in [2.75, 3.05) is 24.5 Å². The van der Waals surface area contributed by atoms with Gasteiger partial charge < -0.3 is 10.2 Å². The highest BCUT2D eigenvalue weighted by atomic mass is 15.1. The number of para-hydroxylation sites is 1. The van der Waals surface area contributed by atoms with E-state index in [4.69, 9.17) is 0 Å². The van der Waals surface area contributed by atoms with Gasteiger partial charge in [-0.25, -0.2) is 0 Å². The van der Waals surface area contributed by atoms with E-state index in [0.717, 1.165) is 13.1 Å². The molecule has 0 saturated carbocycles. The van der Waals surface area contributed by atoms with Gasteiger partial charge in [0.25, 0.3) is 0 Å². The van der Waals surface area contributed by atoms with Crippen molar-refractivity contribution in [1.82, 2.24) is 5.32 Å². The van der Waals surface area contributed by atoms with E-state index in [1.165, 1.54) is 43.6 Å². The molecule has 1 heterocycles. The number of hydrogen-bond donors (Lipinski definition) is 1. The Bertz CT molecular complexity index is 354. The first-order chi connectivity index (χ1) is 8.77. The Morgan fingerprint density at radius 3 is 2.56 bits per heavy atom. The smallest absolute Gasteiger partial charge is 0.0411 e. The molecule has 1 saturated heterocycles. The molecular formula is C16H26N2. The molecule has 1 aliphatic heterocycles. The van der Waals surface area contributed by atoms with Gasteiger partial charge in [0.1, 0.15) is 0 Å². The average Bonchev–Trinajstić information content (AvgIpc) is 2.40. The van der Waals surface area contributed by atoms with Crippen LogP contribution in [0.3, 0.4) is 0 Å². The van der Waals surface area contributed by atoms with Crippen LogP contribution in [-0.4, -0.2) is 19.6 Å². The van der Waals surface area contributed by atoms with Crippen LogP contribution in [0.25, 0.3) is 0 Å². The molecule has 18 heavy (non-hydrogen) atoms. The van der Waals surface area contributed by atoms with Crippen LogP contribution in [0, 0.1) is 5.92 Å². The predicted molar refractivity (Wildman–Crippen MR) is 79.1 cm³/mol. The topological polar surface area (TPSA) is 15.3 Å². The van der Waals surface area contributed by atoms with Crippen LogP contribution in [0.5, 0.6) is 0 Å². The van der Waals surface area contributed by atoms with Gasteiger partial charge in [0.05, 0.1) is 0 Å². The summed E-state index contributed by atoms with van der Waals surface area (Å²) in [4.78, 5) is 2.55. The summed E-state index contributed by atoms with van der Waals surface area (Å²) in [7, 11) is 0. The maximum atomic E-state index is 3.55. The van der Waals surface area contributed by atoms with Gasteiger partial charge in [-0.05, 0) is 43.4 Å². The third-order valence-corrected chi connectivity index (χ3v) is 3.56. The van der Waals surface area contributed by atoms with Gasteiger partial charge in [-0.15, -0.1) is 0 Å². The Kier molecular flexibility index (Phi) is 5.06. The van der Waals surface area contributed by atoms with Crippen molar-refractivity contribution < 1.29 is 0 Å². The maximum absolute atomic E-state index is 3.55. The van der Waals surface area contributed by atoms with Crippen molar-refractivity contribution in [3.63, 3.8) is 0 Å². The Morgan fingerprint density at radius 2 is 1.83 bits per heavy atom. The molecule has 1 aromatic rings. The number of nitrogens with one attached hydrogen (secondary N) is 1. The highest BCUT2D eigenvalue weighted by molar-refractivity contribution is 5.53. The molecule has 2 rings (SSSR count). The summed E-state index contributed by atoms with van der Waals surface area (Å²) in [6.07, 6.45) is 4.08. The lowest BCUT2D eigenvalue weighted by atomic mass is 10.1. The second-order valence-electron chi connectivity index (χ2n) is 5.70. The first-order valence-electron chi connectivity index (χ1n) is 7.31. The Morgan fingerprint density at radius 1 is 1.11 bits per heavy atom. The van der Waals surface area contributed by atoms with E-state index in [1.54, 1.807) is 0 Å². The SMILES string of the molecule is CC(C)CNCc1ccccc1N1CCCCC1. The number of benzene rings is 1. The molecule has 0 aromatic heterocycles. The minimum absolute atomic E-state index is 0.715. The van der Waals surface area contributed by atoms with Crippen LogP contribution < -0.4 is 10.2 Å². The lowest BCUT2D eigenvalue weighted by Gasteiger charge is -2.30. The molecule has 2 nitrogen and oxygen atoms in total. The molecule has 0 aliphatic carbocycles. The number of hydrogen-bond acceptors (Lipinski definition) is 2. The second-order valence-corrected chi connectivity index (χ2v) is 5.70. The average molecular weight is 246 g/mol. The van der Waals surface area contributed by atoms with Crippen molar-refractivity contribution in [3.05, 3.63) is 29.8 Å². The van der Waals surface area contributed by atoms with Crippen LogP contribution in [-0.2, 0) is 6.54 Å². The van der Waals surface area contributed by atoms with Crippen LogP contribution >= 0.6 is 0 Å². The normalized spacial score (nSPS) is 16.3. The molecule has 1 N–H and O–H groups in total. The zero-order chi connectivity index (χ0) is 12.8. The van der Waals surface area contributed by atoms with Crippen molar-refractivity contribution >= 4 is 5.69 Å². The third kappa shape index (κ3) is 3.74. The zero-order valence-electron chi connectivity index (χ0n) is 11.8. The predicted octanol–water partition coefficient (Wildman–Crippen LogP) is 3.42. The minimum atomic E-state index is 0.715. The quantitative estimate of drug-likeness (QED) is 0.856. The molecular weight excluding hydrogens is 220 g/mol. The monoisotopic (exact) mass is 246 g/mol. The van der Waals surface area contributed by atoms with Gasteiger partial charge in [-0.1, -0.05) is 32.0 Å². The third-order valence-electron chi connectivity index (χ3n) is 3.56. The first kappa shape index (κ1) is 13.4. The Labute approximate surface area is 111 Å². The molecule has 100 valence electrons. The van der Waals surface area contributed by atoms with Crippen molar-refractivity contribution in [1.29, 1.82) is 0 Å². The summed E-state index contributed by atoms with van der Waals surface area (Å²) in [6, 6.07) is 8.85. The summed E-state index contributed by atoms with van der Waals surface area (Å²) in [5.74, 6) is 0.715. The van der Waals surface area contributed by atoms with Gasteiger partial charge in [-0.3, -0.25) is 0 Å². The van der Waals surface area contributed by atoms with Crippen molar-refractivity contribution in [2.45, 2.75) is 39.7 Å². The van der Waals surface area contributed by atoms with E-state index < -0.39 is 0 Å². The Hall–Kier alpha value is -1.02. The van der Waals surface area contributed by atoms with E-state index >= 15 is 0 Å². The van der Waals surface area contributed by atoms with Crippen LogP contribution in [0.4, 0.5) is 5.69 Å². The van der Waals surface area contributed by atoms with E-state index in [0.29, 0.717) is 5.92 Å². The molecule has 0 unspecified atom stereocenters. The highest BCUT2D eigenvalue weighted by Crippen LogP contribution is 2.23. The maximum Gasteiger partial charge on any atom is 0.0411 e. The fourth-order valence-corrected chi connectivity index (χ4v) is 2.60. The molecule has 1 aromatic carbocycles. The molecule has 1 aliphatic rings. The van der Waals surface area contributed by atoms with E-state index in [9.17, 15) is 0 Å². The number of nitrogens with zero attached hydrogens (tertiary/aromatic N) is 1. The zero-order valence-corrected chi connectivity index (χ0v) is 11.8. The Balaban J connectivity index is 2.00. The summed E-state index contributed by atoms with van der Waals surface area (Å²) in [5.41, 5.74) is 2.88. The van der Waals surface area contributed by atoms with Crippen LogP contribution in [0.15, 0.2) is 24.3 Å². The largest absolute Gasteiger partial charge is 0.371 e. The molecule has 1 fully saturated rings. The molecule has 0 amide bonds. The van der Waals surface area contributed by atoms with Crippen LogP contribution in [0.2, 0.25) is 0 Å². The van der Waals surface area contributed by atoms with Gasteiger partial charge in [0.2, 0.25) is 0 Å². The minimum Gasteiger partial charge on any atom is -0.371 e. The molecule has 0 radical (unpaired) electrons. The summed E-state index contributed by atoms with van der Waals surface area (Å²) in [6.45, 7) is 9.04. The second kappa shape index (κ2) is 6.79. The highest BCUT2D eigenvalue weighted by Gasteiger charge is 2.13. The standard InChI is InChI=1S/C16H26N2/c1-14(2)12-17-13-15-8-4-5-9-16(15)18-10-6-3-7-11-18/h4-5,8-9,14,17H,3,6-7,10-13H2,1-2H3. The molecule has 0 spiro atoms. The van der Waals surface area contributed by atoms with Gasteiger partial charge in [0, 0.05) is 25.3 Å². The van der Waals surface area contributed by atoms with Crippen molar-refractivity contribution in [2.24, 2.45) is 5.92 Å². The molecule has 0 bridgehead atoms. The number of anilines is 1. The first-order valence-corrected chi connectivity index (χ1v) is 7.31. The van der Waals surface area contributed by atoms with Gasteiger partial charge in [0.15, 0.2) is 0 Å². The molecule has 2 heteroatoms.